The predicted octanol–water partition coefficient (Wildman–Crippen LogP) is 1.90. The van der Waals surface area contributed by atoms with Crippen molar-refractivity contribution in [1.29, 1.82) is 0 Å². The molecule has 2 aromatic rings. The van der Waals surface area contributed by atoms with Gasteiger partial charge in [0.2, 0.25) is 0 Å². The van der Waals surface area contributed by atoms with Gasteiger partial charge in [-0.25, -0.2) is 4.98 Å². The van der Waals surface area contributed by atoms with Crippen molar-refractivity contribution in [3.63, 3.8) is 0 Å². The Bertz CT molecular complexity index is 463. The highest BCUT2D eigenvalue weighted by atomic mass is 15.0. The molecule has 0 fully saturated rings. The van der Waals surface area contributed by atoms with Crippen LogP contribution in [-0.4, -0.2) is 16.5 Å². The zero-order valence-electron chi connectivity index (χ0n) is 7.75. The average molecular weight is 185 g/mol. The normalized spacial score (nSPS) is 15.6. The Balaban J connectivity index is 2.14. The summed E-state index contributed by atoms with van der Waals surface area (Å²) >= 11 is 0. The predicted molar refractivity (Wildman–Crippen MR) is 56.7 cm³/mol. The van der Waals surface area contributed by atoms with Gasteiger partial charge in [0.05, 0.1) is 16.7 Å². The maximum absolute atomic E-state index is 4.51. The minimum Gasteiger partial charge on any atom is -0.382 e. The first-order valence-corrected chi connectivity index (χ1v) is 4.83. The van der Waals surface area contributed by atoms with Gasteiger partial charge in [0.1, 0.15) is 0 Å². The van der Waals surface area contributed by atoms with Crippen LogP contribution in [0.4, 0.5) is 0 Å². The molecule has 0 bridgehead atoms. The third-order valence-electron chi connectivity index (χ3n) is 2.45. The molecule has 0 spiro atoms. The quantitative estimate of drug-likeness (QED) is 0.712. The molecule has 1 aliphatic rings. The lowest BCUT2D eigenvalue weighted by Gasteiger charge is -1.97. The second kappa shape index (κ2) is 2.87. The van der Waals surface area contributed by atoms with E-state index < -0.39 is 0 Å². The number of hydrogen-bond acceptors (Lipinski definition) is 2. The molecule has 3 nitrogen and oxygen atoms in total. The van der Waals surface area contributed by atoms with Crippen molar-refractivity contribution < 1.29 is 0 Å². The van der Waals surface area contributed by atoms with Gasteiger partial charge in [-0.1, -0.05) is 18.2 Å². The van der Waals surface area contributed by atoms with Crippen LogP contribution in [0.5, 0.6) is 0 Å². The maximum Gasteiger partial charge on any atom is 0.154 e. The lowest BCUT2D eigenvalue weighted by Crippen LogP contribution is -2.07. The first kappa shape index (κ1) is 7.62. The molecular formula is C11H11N3. The summed E-state index contributed by atoms with van der Waals surface area (Å²) in [4.78, 5) is 7.80. The van der Waals surface area contributed by atoms with Crippen LogP contribution < -0.4 is 5.32 Å². The molecule has 14 heavy (non-hydrogen) atoms. The summed E-state index contributed by atoms with van der Waals surface area (Å²) in [7, 11) is 0. The SMILES string of the molecule is C1=C(c2nc3ccccc3[nH]2)NCC1. The van der Waals surface area contributed by atoms with Crippen LogP contribution in [0.1, 0.15) is 12.2 Å². The number of nitrogens with one attached hydrogen (secondary N) is 2. The molecule has 0 radical (unpaired) electrons. The van der Waals surface area contributed by atoms with E-state index in [1.54, 1.807) is 0 Å². The Labute approximate surface area is 81.9 Å². The van der Waals surface area contributed by atoms with Gasteiger partial charge < -0.3 is 10.3 Å². The van der Waals surface area contributed by atoms with Crippen molar-refractivity contribution in [2.45, 2.75) is 6.42 Å². The molecule has 0 amide bonds. The zero-order valence-corrected chi connectivity index (χ0v) is 7.75. The molecule has 1 aromatic heterocycles. The summed E-state index contributed by atoms with van der Waals surface area (Å²) in [5.41, 5.74) is 3.25. The summed E-state index contributed by atoms with van der Waals surface area (Å²) in [6.07, 6.45) is 3.27. The number of aromatic amines is 1. The highest BCUT2D eigenvalue weighted by Gasteiger charge is 2.09. The van der Waals surface area contributed by atoms with Crippen LogP contribution in [-0.2, 0) is 0 Å². The van der Waals surface area contributed by atoms with Gasteiger partial charge >= 0.3 is 0 Å². The van der Waals surface area contributed by atoms with Crippen LogP contribution in [0.3, 0.4) is 0 Å². The molecule has 0 saturated heterocycles. The number of H-pyrrole nitrogens is 1. The summed E-state index contributed by atoms with van der Waals surface area (Å²) in [5, 5.41) is 3.30. The van der Waals surface area contributed by atoms with Crippen LogP contribution in [0.25, 0.3) is 16.7 Å². The summed E-state index contributed by atoms with van der Waals surface area (Å²) in [6.45, 7) is 1.02. The van der Waals surface area contributed by atoms with Crippen LogP contribution in [0.2, 0.25) is 0 Å². The first-order chi connectivity index (χ1) is 6.93. The molecule has 0 atom stereocenters. The van der Waals surface area contributed by atoms with E-state index in [0.29, 0.717) is 0 Å². The smallest absolute Gasteiger partial charge is 0.154 e. The maximum atomic E-state index is 4.51. The van der Waals surface area contributed by atoms with Crippen LogP contribution in [0.15, 0.2) is 30.3 Å². The number of rotatable bonds is 1. The molecule has 0 unspecified atom stereocenters. The van der Waals surface area contributed by atoms with Crippen molar-refractivity contribution in [1.82, 2.24) is 15.3 Å². The van der Waals surface area contributed by atoms with Gasteiger partial charge in [-0.3, -0.25) is 0 Å². The molecule has 3 heteroatoms. The average Bonchev–Trinajstić information content (AvgIpc) is 2.86. The fourth-order valence-corrected chi connectivity index (χ4v) is 1.76. The Kier molecular flexibility index (Phi) is 1.56. The Morgan fingerprint density at radius 2 is 2.14 bits per heavy atom. The van der Waals surface area contributed by atoms with Gasteiger partial charge in [-0.05, 0) is 18.6 Å². The number of benzene rings is 1. The zero-order chi connectivity index (χ0) is 9.38. The lowest BCUT2D eigenvalue weighted by atomic mass is 10.3. The van der Waals surface area contributed by atoms with Crippen LogP contribution >= 0.6 is 0 Å². The molecular weight excluding hydrogens is 174 g/mol. The highest BCUT2D eigenvalue weighted by molar-refractivity contribution is 5.78. The van der Waals surface area contributed by atoms with E-state index in [4.69, 9.17) is 0 Å². The second-order valence-electron chi connectivity index (χ2n) is 3.44. The second-order valence-corrected chi connectivity index (χ2v) is 3.44. The monoisotopic (exact) mass is 185 g/mol. The molecule has 1 aliphatic heterocycles. The van der Waals surface area contributed by atoms with E-state index in [9.17, 15) is 0 Å². The fourth-order valence-electron chi connectivity index (χ4n) is 1.76. The van der Waals surface area contributed by atoms with Gasteiger partial charge in [0.15, 0.2) is 5.82 Å². The van der Waals surface area contributed by atoms with E-state index in [2.05, 4.69) is 21.4 Å². The molecule has 2 heterocycles. The number of fused-ring (bicyclic) bond motifs is 1. The standard InChI is InChI=1S/C11H11N3/c1-2-5-9-8(4-1)13-11(14-9)10-6-3-7-12-10/h1-2,4-6,12H,3,7H2,(H,13,14). The molecule has 3 rings (SSSR count). The van der Waals surface area contributed by atoms with Crippen molar-refractivity contribution in [3.8, 4) is 0 Å². The third kappa shape index (κ3) is 1.09. The van der Waals surface area contributed by atoms with E-state index in [-0.39, 0.29) is 0 Å². The van der Waals surface area contributed by atoms with Crippen LogP contribution in [0, 0.1) is 0 Å². The summed E-state index contributed by atoms with van der Waals surface area (Å²) in [6, 6.07) is 8.08. The molecule has 0 aliphatic carbocycles. The summed E-state index contributed by atoms with van der Waals surface area (Å²) in [5.74, 6) is 0.948. The minimum absolute atomic E-state index is 0.948. The van der Waals surface area contributed by atoms with E-state index in [1.165, 1.54) is 0 Å². The number of para-hydroxylation sites is 2. The van der Waals surface area contributed by atoms with Crippen molar-refractivity contribution in [3.05, 3.63) is 36.2 Å². The first-order valence-electron chi connectivity index (χ1n) is 4.83. The lowest BCUT2D eigenvalue weighted by molar-refractivity contribution is 0.920. The number of aromatic nitrogens is 2. The number of nitrogens with zero attached hydrogens (tertiary/aromatic N) is 1. The number of hydrogen-bond donors (Lipinski definition) is 2. The fraction of sp³-hybridized carbons (Fsp3) is 0.182. The molecule has 70 valence electrons. The number of imidazole rings is 1. The Morgan fingerprint density at radius 1 is 1.21 bits per heavy atom. The Morgan fingerprint density at radius 3 is 2.93 bits per heavy atom. The molecule has 0 saturated carbocycles. The summed E-state index contributed by atoms with van der Waals surface area (Å²) < 4.78 is 0. The van der Waals surface area contributed by atoms with Gasteiger partial charge in [0, 0.05) is 6.54 Å². The van der Waals surface area contributed by atoms with E-state index in [0.717, 1.165) is 35.5 Å². The third-order valence-corrected chi connectivity index (χ3v) is 2.45. The molecule has 1 aromatic carbocycles. The highest BCUT2D eigenvalue weighted by Crippen LogP contribution is 2.17. The van der Waals surface area contributed by atoms with Gasteiger partial charge in [-0.2, -0.15) is 0 Å². The van der Waals surface area contributed by atoms with Gasteiger partial charge in [-0.15, -0.1) is 0 Å². The van der Waals surface area contributed by atoms with Crippen molar-refractivity contribution in [2.24, 2.45) is 0 Å². The Hall–Kier alpha value is -1.77. The van der Waals surface area contributed by atoms with Crippen molar-refractivity contribution >= 4 is 16.7 Å². The minimum atomic E-state index is 0.948. The molecule has 2 N–H and O–H groups in total. The van der Waals surface area contributed by atoms with Gasteiger partial charge in [0.25, 0.3) is 0 Å². The van der Waals surface area contributed by atoms with E-state index >= 15 is 0 Å². The topological polar surface area (TPSA) is 40.7 Å². The largest absolute Gasteiger partial charge is 0.382 e. The van der Waals surface area contributed by atoms with Crippen molar-refractivity contribution in [2.75, 3.05) is 6.54 Å². The van der Waals surface area contributed by atoms with E-state index in [1.807, 2.05) is 24.3 Å².